The van der Waals surface area contributed by atoms with Gasteiger partial charge in [-0.15, -0.1) is 0 Å². The molecule has 0 rings (SSSR count). The number of amides is 1. The van der Waals surface area contributed by atoms with Gasteiger partial charge < -0.3 is 10.1 Å². The van der Waals surface area contributed by atoms with Crippen LogP contribution >= 0.6 is 0 Å². The summed E-state index contributed by atoms with van der Waals surface area (Å²) in [5.74, 6) is -0.538. The minimum absolute atomic E-state index is 0.156. The molecule has 0 saturated heterocycles. The summed E-state index contributed by atoms with van der Waals surface area (Å²) >= 11 is 0. The van der Waals surface area contributed by atoms with Crippen molar-refractivity contribution in [3.63, 3.8) is 0 Å². The average molecular weight is 199 g/mol. The van der Waals surface area contributed by atoms with E-state index in [-0.39, 0.29) is 18.4 Å². The molecule has 0 aliphatic carbocycles. The fourth-order valence-corrected chi connectivity index (χ4v) is 0.897. The molecule has 0 unspecified atom stereocenters. The summed E-state index contributed by atoms with van der Waals surface area (Å²) in [6.07, 6.45) is 3.56. The van der Waals surface area contributed by atoms with Crippen molar-refractivity contribution in [2.45, 2.75) is 26.7 Å². The number of nitrogens with one attached hydrogen (secondary N) is 1. The number of hydrogen-bond donors (Lipinski definition) is 1. The first-order valence-electron chi connectivity index (χ1n) is 4.63. The number of esters is 1. The molecule has 0 heterocycles. The number of carbonyl (C=O) groups is 2. The molecule has 0 aromatic carbocycles. The van der Waals surface area contributed by atoms with Gasteiger partial charge in [-0.3, -0.25) is 4.79 Å². The van der Waals surface area contributed by atoms with Crippen molar-refractivity contribution < 1.29 is 14.3 Å². The lowest BCUT2D eigenvalue weighted by molar-refractivity contribution is -0.136. The fourth-order valence-electron chi connectivity index (χ4n) is 0.897. The lowest BCUT2D eigenvalue weighted by atomic mass is 10.2. The zero-order chi connectivity index (χ0) is 11.0. The van der Waals surface area contributed by atoms with E-state index < -0.39 is 0 Å². The Morgan fingerprint density at radius 2 is 2.07 bits per heavy atom. The minimum atomic E-state index is -0.382. The summed E-state index contributed by atoms with van der Waals surface area (Å²) in [7, 11) is 1.33. The summed E-state index contributed by atoms with van der Waals surface area (Å²) in [5.41, 5.74) is 0.504. The van der Waals surface area contributed by atoms with Crippen LogP contribution in [-0.2, 0) is 14.3 Å². The van der Waals surface area contributed by atoms with Gasteiger partial charge in [-0.25, -0.2) is 4.79 Å². The van der Waals surface area contributed by atoms with Crippen LogP contribution in [0.4, 0.5) is 0 Å². The van der Waals surface area contributed by atoms with E-state index in [1.807, 2.05) is 6.92 Å². The van der Waals surface area contributed by atoms with E-state index in [4.69, 9.17) is 0 Å². The van der Waals surface area contributed by atoms with Crippen molar-refractivity contribution in [3.8, 4) is 0 Å². The predicted octanol–water partition coefficient (Wildman–Crippen LogP) is 1.02. The summed E-state index contributed by atoms with van der Waals surface area (Å²) in [4.78, 5) is 21.8. The Bertz CT molecular complexity index is 234. The Kier molecular flexibility index (Phi) is 6.45. The fraction of sp³-hybridized carbons (Fsp3) is 0.600. The van der Waals surface area contributed by atoms with Crippen LogP contribution in [0.25, 0.3) is 0 Å². The Balaban J connectivity index is 4.24. The highest BCUT2D eigenvalue weighted by molar-refractivity contribution is 5.89. The molecule has 0 bridgehead atoms. The Morgan fingerprint density at radius 3 is 2.50 bits per heavy atom. The van der Waals surface area contributed by atoms with E-state index in [2.05, 4.69) is 10.1 Å². The summed E-state index contributed by atoms with van der Waals surface area (Å²) < 4.78 is 4.58. The van der Waals surface area contributed by atoms with E-state index in [1.54, 1.807) is 6.08 Å². The summed E-state index contributed by atoms with van der Waals surface area (Å²) in [5, 5.41) is 2.56. The van der Waals surface area contributed by atoms with Crippen LogP contribution in [0.2, 0.25) is 0 Å². The standard InChI is InChI=1S/C10H17NO3/c1-4-5-6-9(10(13)14-3)7-11-8(2)12/h6H,4-5,7H2,1-3H3,(H,11,12)/b9-6+. The van der Waals surface area contributed by atoms with Crippen molar-refractivity contribution in [2.75, 3.05) is 13.7 Å². The number of allylic oxidation sites excluding steroid dienone is 1. The molecular weight excluding hydrogens is 182 g/mol. The molecule has 0 radical (unpaired) electrons. The molecule has 0 saturated carbocycles. The molecule has 0 atom stereocenters. The van der Waals surface area contributed by atoms with Gasteiger partial charge in [0.1, 0.15) is 0 Å². The molecule has 0 aromatic heterocycles. The van der Waals surface area contributed by atoms with Gasteiger partial charge in [-0.2, -0.15) is 0 Å². The van der Waals surface area contributed by atoms with Gasteiger partial charge in [0.2, 0.25) is 5.91 Å². The van der Waals surface area contributed by atoms with E-state index in [1.165, 1.54) is 14.0 Å². The van der Waals surface area contributed by atoms with E-state index in [0.717, 1.165) is 12.8 Å². The highest BCUT2D eigenvalue weighted by Crippen LogP contribution is 2.00. The SMILES string of the molecule is CCC/C=C(\CNC(C)=O)C(=O)OC. The van der Waals surface area contributed by atoms with Crippen LogP contribution in [0.5, 0.6) is 0 Å². The van der Waals surface area contributed by atoms with E-state index in [0.29, 0.717) is 5.57 Å². The maximum atomic E-state index is 11.2. The van der Waals surface area contributed by atoms with Gasteiger partial charge in [0, 0.05) is 13.5 Å². The Morgan fingerprint density at radius 1 is 1.43 bits per heavy atom. The number of methoxy groups -OCH3 is 1. The third kappa shape index (κ3) is 5.35. The lowest BCUT2D eigenvalue weighted by Crippen LogP contribution is -2.25. The predicted molar refractivity (Wildman–Crippen MR) is 53.7 cm³/mol. The second-order valence-electron chi connectivity index (χ2n) is 2.92. The largest absolute Gasteiger partial charge is 0.466 e. The van der Waals surface area contributed by atoms with Crippen molar-refractivity contribution >= 4 is 11.9 Å². The van der Waals surface area contributed by atoms with Crippen molar-refractivity contribution in [2.24, 2.45) is 0 Å². The van der Waals surface area contributed by atoms with Gasteiger partial charge in [0.15, 0.2) is 0 Å². The molecule has 4 nitrogen and oxygen atoms in total. The number of carbonyl (C=O) groups excluding carboxylic acids is 2. The molecule has 0 fully saturated rings. The quantitative estimate of drug-likeness (QED) is 0.531. The molecule has 0 aromatic rings. The molecule has 1 N–H and O–H groups in total. The van der Waals surface area contributed by atoms with Gasteiger partial charge >= 0.3 is 5.97 Å². The second-order valence-corrected chi connectivity index (χ2v) is 2.92. The Labute approximate surface area is 84.3 Å². The molecule has 14 heavy (non-hydrogen) atoms. The van der Waals surface area contributed by atoms with E-state index in [9.17, 15) is 9.59 Å². The normalized spacial score (nSPS) is 10.9. The lowest BCUT2D eigenvalue weighted by Gasteiger charge is -2.05. The minimum Gasteiger partial charge on any atom is -0.466 e. The summed E-state index contributed by atoms with van der Waals surface area (Å²) in [6, 6.07) is 0. The maximum Gasteiger partial charge on any atom is 0.335 e. The van der Waals surface area contributed by atoms with Gasteiger partial charge in [-0.1, -0.05) is 19.4 Å². The molecule has 0 spiro atoms. The van der Waals surface area contributed by atoms with Crippen LogP contribution < -0.4 is 5.32 Å². The van der Waals surface area contributed by atoms with Crippen LogP contribution in [0.1, 0.15) is 26.7 Å². The maximum absolute atomic E-state index is 11.2. The monoisotopic (exact) mass is 199 g/mol. The third-order valence-electron chi connectivity index (χ3n) is 1.65. The average Bonchev–Trinajstić information content (AvgIpc) is 2.16. The van der Waals surface area contributed by atoms with Gasteiger partial charge in [-0.05, 0) is 6.42 Å². The number of hydrogen-bond acceptors (Lipinski definition) is 3. The first-order chi connectivity index (χ1) is 6.61. The highest BCUT2D eigenvalue weighted by atomic mass is 16.5. The zero-order valence-corrected chi connectivity index (χ0v) is 8.92. The highest BCUT2D eigenvalue weighted by Gasteiger charge is 2.08. The number of unbranched alkanes of at least 4 members (excludes halogenated alkanes) is 1. The van der Waals surface area contributed by atoms with Crippen LogP contribution in [-0.4, -0.2) is 25.5 Å². The van der Waals surface area contributed by atoms with Gasteiger partial charge in [0.05, 0.1) is 12.7 Å². The topological polar surface area (TPSA) is 55.4 Å². The first-order valence-corrected chi connectivity index (χ1v) is 4.63. The van der Waals surface area contributed by atoms with Crippen molar-refractivity contribution in [1.29, 1.82) is 0 Å². The van der Waals surface area contributed by atoms with Crippen molar-refractivity contribution in [3.05, 3.63) is 11.6 Å². The molecular formula is C10H17NO3. The summed E-state index contributed by atoms with van der Waals surface area (Å²) in [6.45, 7) is 3.67. The zero-order valence-electron chi connectivity index (χ0n) is 8.92. The smallest absolute Gasteiger partial charge is 0.335 e. The molecule has 4 heteroatoms. The molecule has 1 amide bonds. The van der Waals surface area contributed by atoms with Crippen LogP contribution in [0.15, 0.2) is 11.6 Å². The first kappa shape index (κ1) is 12.7. The van der Waals surface area contributed by atoms with Crippen LogP contribution in [0, 0.1) is 0 Å². The van der Waals surface area contributed by atoms with Gasteiger partial charge in [0.25, 0.3) is 0 Å². The molecule has 80 valence electrons. The van der Waals surface area contributed by atoms with Crippen molar-refractivity contribution in [1.82, 2.24) is 5.32 Å². The molecule has 0 aliphatic heterocycles. The second kappa shape index (κ2) is 7.12. The Hall–Kier alpha value is -1.32. The number of rotatable bonds is 5. The van der Waals surface area contributed by atoms with Crippen LogP contribution in [0.3, 0.4) is 0 Å². The third-order valence-corrected chi connectivity index (χ3v) is 1.65. The van der Waals surface area contributed by atoms with E-state index >= 15 is 0 Å². The number of ether oxygens (including phenoxy) is 1. The molecule has 0 aliphatic rings.